The average molecular weight is 447 g/mol. The van der Waals surface area contributed by atoms with Gasteiger partial charge >= 0.3 is 0 Å². The maximum absolute atomic E-state index is 13.3. The van der Waals surface area contributed by atoms with E-state index in [1.807, 2.05) is 6.07 Å². The van der Waals surface area contributed by atoms with Crippen molar-refractivity contribution >= 4 is 28.7 Å². The van der Waals surface area contributed by atoms with Crippen molar-refractivity contribution in [3.05, 3.63) is 70.2 Å². The molecule has 0 spiro atoms. The number of aromatic nitrogens is 5. The first-order chi connectivity index (χ1) is 15.9. The molecule has 0 radical (unpaired) electrons. The van der Waals surface area contributed by atoms with Gasteiger partial charge in [0, 0.05) is 25.2 Å². The summed E-state index contributed by atoms with van der Waals surface area (Å²) >= 11 is 0. The van der Waals surface area contributed by atoms with Gasteiger partial charge in [-0.15, -0.1) is 5.10 Å². The van der Waals surface area contributed by atoms with Gasteiger partial charge in [-0.25, -0.2) is 4.39 Å². The van der Waals surface area contributed by atoms with E-state index in [0.29, 0.717) is 22.9 Å². The van der Waals surface area contributed by atoms with Gasteiger partial charge in [0.25, 0.3) is 11.9 Å². The number of carbonyl (C=O) groups is 2. The summed E-state index contributed by atoms with van der Waals surface area (Å²) in [6.07, 6.45) is 2.00. The number of fused-ring (bicyclic) bond motifs is 2. The monoisotopic (exact) mass is 447 g/mol. The van der Waals surface area contributed by atoms with Crippen LogP contribution in [0.1, 0.15) is 32.6 Å². The number of rotatable bonds is 5. The lowest BCUT2D eigenvalue weighted by atomic mass is 9.93. The van der Waals surface area contributed by atoms with E-state index >= 15 is 0 Å². The molecular weight excluding hydrogens is 429 g/mol. The number of hydrogen-bond acceptors (Lipinski definition) is 7. The van der Waals surface area contributed by atoms with E-state index in [4.69, 9.17) is 0 Å². The van der Waals surface area contributed by atoms with Crippen LogP contribution in [0.4, 0.5) is 10.3 Å². The van der Waals surface area contributed by atoms with E-state index in [9.17, 15) is 19.1 Å². The molecule has 4 aromatic rings. The van der Waals surface area contributed by atoms with Gasteiger partial charge in [0.2, 0.25) is 5.91 Å². The third-order valence-electron chi connectivity index (χ3n) is 5.61. The fourth-order valence-electron chi connectivity index (χ4n) is 4.09. The van der Waals surface area contributed by atoms with Crippen LogP contribution in [0.2, 0.25) is 0 Å². The largest absolute Gasteiger partial charge is 0.505 e. The molecule has 3 heterocycles. The average Bonchev–Trinajstić information content (AvgIpc) is 3.40. The summed E-state index contributed by atoms with van der Waals surface area (Å²) < 4.78 is 13.3. The molecule has 5 rings (SSSR count). The molecule has 0 fully saturated rings. The summed E-state index contributed by atoms with van der Waals surface area (Å²) in [6, 6.07) is 7.99. The van der Waals surface area contributed by atoms with Gasteiger partial charge in [0.15, 0.2) is 5.75 Å². The number of anilines is 1. The van der Waals surface area contributed by atoms with Gasteiger partial charge in [-0.05, 0) is 52.1 Å². The highest BCUT2D eigenvalue weighted by molar-refractivity contribution is 6.08. The van der Waals surface area contributed by atoms with Crippen molar-refractivity contribution in [3.63, 3.8) is 0 Å². The minimum Gasteiger partial charge on any atom is -0.505 e. The molecule has 2 aromatic carbocycles. The number of aromatic amines is 1. The van der Waals surface area contributed by atoms with Crippen molar-refractivity contribution in [2.45, 2.75) is 19.4 Å². The van der Waals surface area contributed by atoms with Crippen LogP contribution in [0.25, 0.3) is 10.9 Å². The summed E-state index contributed by atoms with van der Waals surface area (Å²) in [5.41, 5.74) is 3.26. The second kappa shape index (κ2) is 7.93. The van der Waals surface area contributed by atoms with Gasteiger partial charge in [-0.2, -0.15) is 5.21 Å². The summed E-state index contributed by atoms with van der Waals surface area (Å²) in [7, 11) is 1.63. The Morgan fingerprint density at radius 1 is 1.27 bits per heavy atom. The zero-order valence-electron chi connectivity index (χ0n) is 17.5. The van der Waals surface area contributed by atoms with E-state index < -0.39 is 5.91 Å². The van der Waals surface area contributed by atoms with Crippen LogP contribution in [0.15, 0.2) is 36.5 Å². The van der Waals surface area contributed by atoms with Crippen molar-refractivity contribution in [2.24, 2.45) is 0 Å². The maximum atomic E-state index is 13.3. The van der Waals surface area contributed by atoms with Gasteiger partial charge < -0.3 is 10.0 Å². The van der Waals surface area contributed by atoms with E-state index in [1.54, 1.807) is 25.4 Å². The lowest BCUT2D eigenvalue weighted by Crippen LogP contribution is -2.18. The van der Waals surface area contributed by atoms with Crippen LogP contribution < -0.4 is 5.32 Å². The predicted molar refractivity (Wildman–Crippen MR) is 115 cm³/mol. The number of phenolic OH excluding ortho intramolecular Hbond substituents is 1. The minimum absolute atomic E-state index is 0.0306. The first-order valence-corrected chi connectivity index (χ1v) is 10.1. The Kier molecular flexibility index (Phi) is 4.93. The van der Waals surface area contributed by atoms with Crippen LogP contribution in [0.3, 0.4) is 0 Å². The molecule has 1 aliphatic rings. The van der Waals surface area contributed by atoms with Crippen molar-refractivity contribution < 1.29 is 19.1 Å². The Balaban J connectivity index is 1.60. The van der Waals surface area contributed by atoms with Gasteiger partial charge in [-0.3, -0.25) is 19.9 Å². The van der Waals surface area contributed by atoms with E-state index in [0.717, 1.165) is 11.1 Å². The normalized spacial score (nSPS) is 12.9. The molecule has 0 saturated carbocycles. The topological polar surface area (TPSA) is 137 Å². The third kappa shape index (κ3) is 3.73. The molecule has 2 amide bonds. The Labute approximate surface area is 186 Å². The van der Waals surface area contributed by atoms with E-state index in [2.05, 4.69) is 30.9 Å². The highest BCUT2D eigenvalue weighted by Crippen LogP contribution is 2.39. The molecule has 2 aromatic heterocycles. The van der Waals surface area contributed by atoms with Crippen LogP contribution in [0.5, 0.6) is 5.75 Å². The number of tetrazole rings is 1. The molecule has 166 valence electrons. The van der Waals surface area contributed by atoms with Crippen molar-refractivity contribution in [1.29, 1.82) is 0 Å². The van der Waals surface area contributed by atoms with Crippen molar-refractivity contribution in [3.8, 4) is 5.75 Å². The van der Waals surface area contributed by atoms with Crippen LogP contribution in [-0.4, -0.2) is 54.5 Å². The SMILES string of the molecule is CN1Cc2c(c(O)c3ncc(Cc4ccc(F)cc4)cc3c2CC(=O)Nc2nn[nH]n2)C1=O. The van der Waals surface area contributed by atoms with Crippen LogP contribution >= 0.6 is 0 Å². The standard InChI is InChI=1S/C22H18FN7O3/c1-30-10-16-14(8-17(31)25-22-26-28-29-27-22)15-7-12(6-11-2-4-13(23)5-3-11)9-24-19(15)20(32)18(16)21(30)33/h2-5,7,9,32H,6,8,10H2,1H3,(H2,25,26,27,28,29,31). The van der Waals surface area contributed by atoms with Gasteiger partial charge in [0.05, 0.1) is 12.0 Å². The lowest BCUT2D eigenvalue weighted by Gasteiger charge is -2.14. The molecule has 0 saturated heterocycles. The lowest BCUT2D eigenvalue weighted by molar-refractivity contribution is -0.115. The molecule has 0 unspecified atom stereocenters. The number of H-pyrrole nitrogens is 1. The Morgan fingerprint density at radius 2 is 2.06 bits per heavy atom. The number of aromatic hydroxyl groups is 1. The maximum Gasteiger partial charge on any atom is 0.269 e. The van der Waals surface area contributed by atoms with Crippen molar-refractivity contribution in [2.75, 3.05) is 12.4 Å². The highest BCUT2D eigenvalue weighted by Gasteiger charge is 2.33. The molecule has 0 atom stereocenters. The number of carbonyl (C=O) groups excluding carboxylic acids is 2. The smallest absolute Gasteiger partial charge is 0.269 e. The van der Waals surface area contributed by atoms with E-state index in [1.165, 1.54) is 17.0 Å². The predicted octanol–water partition coefficient (Wildman–Crippen LogP) is 1.95. The second-order valence-electron chi connectivity index (χ2n) is 7.85. The molecular formula is C22H18FN7O3. The van der Waals surface area contributed by atoms with Crippen molar-refractivity contribution in [1.82, 2.24) is 30.5 Å². The molecule has 11 heteroatoms. The molecule has 3 N–H and O–H groups in total. The van der Waals surface area contributed by atoms with Crippen LogP contribution in [0, 0.1) is 5.82 Å². The highest BCUT2D eigenvalue weighted by atomic mass is 19.1. The molecule has 1 aliphatic heterocycles. The second-order valence-corrected chi connectivity index (χ2v) is 7.85. The summed E-state index contributed by atoms with van der Waals surface area (Å²) in [5, 5.41) is 27.1. The third-order valence-corrected chi connectivity index (χ3v) is 5.61. The molecule has 10 nitrogen and oxygen atoms in total. The first kappa shape index (κ1) is 20.5. The van der Waals surface area contributed by atoms with E-state index in [-0.39, 0.29) is 47.5 Å². The molecule has 33 heavy (non-hydrogen) atoms. The Hall–Kier alpha value is -4.41. The zero-order chi connectivity index (χ0) is 23.1. The fourth-order valence-corrected chi connectivity index (χ4v) is 4.09. The van der Waals surface area contributed by atoms with Gasteiger partial charge in [-0.1, -0.05) is 17.2 Å². The summed E-state index contributed by atoms with van der Waals surface area (Å²) in [5.74, 6) is -1.23. The number of amides is 2. The number of halogens is 1. The number of hydrogen-bond donors (Lipinski definition) is 3. The number of pyridine rings is 1. The molecule has 0 aliphatic carbocycles. The quantitative estimate of drug-likeness (QED) is 0.425. The zero-order valence-corrected chi connectivity index (χ0v) is 17.5. The number of nitrogens with zero attached hydrogens (tertiary/aromatic N) is 5. The summed E-state index contributed by atoms with van der Waals surface area (Å²) in [4.78, 5) is 31.3. The first-order valence-electron chi connectivity index (χ1n) is 10.1. The Morgan fingerprint density at radius 3 is 2.79 bits per heavy atom. The minimum atomic E-state index is -0.406. The number of nitrogens with one attached hydrogen (secondary N) is 2. The fraction of sp³-hybridized carbons (Fsp3) is 0.182. The number of phenols is 1. The summed E-state index contributed by atoms with van der Waals surface area (Å²) in [6.45, 7) is 0.255. The number of benzene rings is 2. The molecule has 0 bridgehead atoms. The van der Waals surface area contributed by atoms with Gasteiger partial charge in [0.1, 0.15) is 11.3 Å². The van der Waals surface area contributed by atoms with Crippen LogP contribution in [-0.2, 0) is 24.2 Å². The Bertz CT molecular complexity index is 1390.